The van der Waals surface area contributed by atoms with Gasteiger partial charge in [0.15, 0.2) is 22.8 Å². The maximum atomic E-state index is 13.1. The average molecular weight is 624 g/mol. The maximum absolute atomic E-state index is 13.1. The number of para-hydroxylation sites is 1. The van der Waals surface area contributed by atoms with Crippen molar-refractivity contribution in [2.75, 3.05) is 36.5 Å². The van der Waals surface area contributed by atoms with Gasteiger partial charge < -0.3 is 24.3 Å². The van der Waals surface area contributed by atoms with Gasteiger partial charge in [-0.05, 0) is 66.2 Å². The molecule has 1 saturated heterocycles. The number of hydrogen-bond acceptors (Lipinski definition) is 8. The number of fused-ring (bicyclic) bond motifs is 1. The summed E-state index contributed by atoms with van der Waals surface area (Å²) in [5.41, 5.74) is 2.47. The topological polar surface area (TPSA) is 90.2 Å². The average Bonchev–Trinajstić information content (AvgIpc) is 3.49. The van der Waals surface area contributed by atoms with E-state index in [1.54, 1.807) is 17.1 Å². The number of nitrogens with one attached hydrogen (secondary N) is 1. The van der Waals surface area contributed by atoms with Gasteiger partial charge in [-0.2, -0.15) is 13.2 Å². The lowest BCUT2D eigenvalue weighted by molar-refractivity contribution is -0.137. The Balaban J connectivity index is 1.21. The first-order valence-electron chi connectivity index (χ1n) is 14.7. The maximum Gasteiger partial charge on any atom is 0.416 e. The minimum atomic E-state index is -4.40. The molecular weight excluding hydrogens is 595 g/mol. The van der Waals surface area contributed by atoms with E-state index in [0.29, 0.717) is 52.9 Å². The highest BCUT2D eigenvalue weighted by Crippen LogP contribution is 2.31. The van der Waals surface area contributed by atoms with E-state index in [1.165, 1.54) is 12.1 Å². The third-order valence-corrected chi connectivity index (χ3v) is 7.54. The molecule has 3 aromatic heterocycles. The standard InChI is InChI=1S/C34H28F3N7O2/c35-34(36,37)25-9-6-23(7-10-25)21-44-22-39-30-32(40-26-11-13-28(14-12-26)46-27-4-2-1-3-5-27)41-31(42-33(30)44)24-8-15-29(38-20-24)43-16-18-45-19-17-43/h1-15,20,22H,16-19,21H2,(H,40,41,42). The summed E-state index contributed by atoms with van der Waals surface area (Å²) in [6, 6.07) is 25.9. The molecule has 7 rings (SSSR count). The second kappa shape index (κ2) is 12.5. The van der Waals surface area contributed by atoms with Crippen molar-refractivity contribution in [2.24, 2.45) is 0 Å². The fourth-order valence-electron chi connectivity index (χ4n) is 5.14. The number of halogens is 3. The van der Waals surface area contributed by atoms with E-state index in [0.717, 1.165) is 42.5 Å². The number of rotatable bonds is 8. The molecule has 0 atom stereocenters. The Hall–Kier alpha value is -5.49. The molecule has 1 aliphatic heterocycles. The predicted octanol–water partition coefficient (Wildman–Crippen LogP) is 7.33. The molecule has 0 saturated carbocycles. The number of ether oxygens (including phenoxy) is 2. The normalized spacial score (nSPS) is 13.6. The van der Waals surface area contributed by atoms with Crippen molar-refractivity contribution in [3.8, 4) is 22.9 Å². The van der Waals surface area contributed by atoms with E-state index in [2.05, 4.69) is 20.2 Å². The number of morpholine rings is 1. The molecular formula is C34H28F3N7O2. The van der Waals surface area contributed by atoms with E-state index in [-0.39, 0.29) is 6.54 Å². The molecule has 46 heavy (non-hydrogen) atoms. The monoisotopic (exact) mass is 623 g/mol. The highest BCUT2D eigenvalue weighted by Gasteiger charge is 2.30. The van der Waals surface area contributed by atoms with Crippen LogP contribution in [-0.4, -0.2) is 50.8 Å². The molecule has 1 aliphatic rings. The highest BCUT2D eigenvalue weighted by atomic mass is 19.4. The zero-order chi connectivity index (χ0) is 31.5. The number of anilines is 3. The molecule has 6 aromatic rings. The lowest BCUT2D eigenvalue weighted by Gasteiger charge is -2.27. The largest absolute Gasteiger partial charge is 0.457 e. The number of benzene rings is 3. The molecule has 0 amide bonds. The van der Waals surface area contributed by atoms with Gasteiger partial charge in [-0.25, -0.2) is 19.9 Å². The van der Waals surface area contributed by atoms with Crippen LogP contribution in [0.25, 0.3) is 22.6 Å². The summed E-state index contributed by atoms with van der Waals surface area (Å²) in [6.07, 6.45) is -1.05. The molecule has 0 bridgehead atoms. The van der Waals surface area contributed by atoms with Crippen LogP contribution in [0.4, 0.5) is 30.5 Å². The van der Waals surface area contributed by atoms with Gasteiger partial charge in [0.2, 0.25) is 0 Å². The second-order valence-electron chi connectivity index (χ2n) is 10.7. The summed E-state index contributed by atoms with van der Waals surface area (Å²) in [6.45, 7) is 3.10. The van der Waals surface area contributed by atoms with E-state index in [4.69, 9.17) is 19.4 Å². The van der Waals surface area contributed by atoms with Crippen LogP contribution < -0.4 is 15.0 Å². The first-order valence-corrected chi connectivity index (χ1v) is 14.7. The number of pyridine rings is 1. The Morgan fingerprint density at radius 1 is 0.804 bits per heavy atom. The summed E-state index contributed by atoms with van der Waals surface area (Å²) in [5.74, 6) is 3.15. The summed E-state index contributed by atoms with van der Waals surface area (Å²) >= 11 is 0. The van der Waals surface area contributed by atoms with Gasteiger partial charge in [0.05, 0.1) is 31.6 Å². The smallest absolute Gasteiger partial charge is 0.416 e. The Labute approximate surface area is 262 Å². The SMILES string of the molecule is FC(F)(F)c1ccc(Cn2cnc3c(Nc4ccc(Oc5ccccc5)cc4)nc(-c4ccc(N5CCOCC5)nc4)nc32)cc1. The summed E-state index contributed by atoms with van der Waals surface area (Å²) in [4.78, 5) is 21.1. The van der Waals surface area contributed by atoms with E-state index < -0.39 is 11.7 Å². The summed E-state index contributed by atoms with van der Waals surface area (Å²) < 4.78 is 52.5. The molecule has 0 aliphatic carbocycles. The van der Waals surface area contributed by atoms with Crippen molar-refractivity contribution in [3.05, 3.63) is 115 Å². The molecule has 1 N–H and O–H groups in total. The molecule has 0 spiro atoms. The van der Waals surface area contributed by atoms with Crippen LogP contribution >= 0.6 is 0 Å². The Morgan fingerprint density at radius 2 is 1.54 bits per heavy atom. The molecule has 0 unspecified atom stereocenters. The van der Waals surface area contributed by atoms with Crippen LogP contribution in [-0.2, 0) is 17.5 Å². The molecule has 12 heteroatoms. The lowest BCUT2D eigenvalue weighted by Crippen LogP contribution is -2.36. The van der Waals surface area contributed by atoms with E-state index in [1.807, 2.05) is 66.7 Å². The minimum absolute atomic E-state index is 0.268. The zero-order valence-corrected chi connectivity index (χ0v) is 24.5. The third kappa shape index (κ3) is 6.47. The van der Waals surface area contributed by atoms with Crippen LogP contribution in [0.3, 0.4) is 0 Å². The van der Waals surface area contributed by atoms with Crippen molar-refractivity contribution in [1.29, 1.82) is 0 Å². The number of aromatic nitrogens is 5. The van der Waals surface area contributed by atoms with Gasteiger partial charge in [0.25, 0.3) is 0 Å². The quantitative estimate of drug-likeness (QED) is 0.189. The van der Waals surface area contributed by atoms with Gasteiger partial charge in [0, 0.05) is 30.5 Å². The van der Waals surface area contributed by atoms with Gasteiger partial charge in [-0.1, -0.05) is 30.3 Å². The molecule has 4 heterocycles. The van der Waals surface area contributed by atoms with Crippen molar-refractivity contribution in [1.82, 2.24) is 24.5 Å². The van der Waals surface area contributed by atoms with Crippen molar-refractivity contribution < 1.29 is 22.6 Å². The van der Waals surface area contributed by atoms with Crippen LogP contribution in [0.15, 0.2) is 104 Å². The van der Waals surface area contributed by atoms with Crippen LogP contribution in [0, 0.1) is 0 Å². The molecule has 3 aromatic carbocycles. The highest BCUT2D eigenvalue weighted by molar-refractivity contribution is 5.87. The van der Waals surface area contributed by atoms with Crippen molar-refractivity contribution >= 4 is 28.5 Å². The number of nitrogens with zero attached hydrogens (tertiary/aromatic N) is 6. The summed E-state index contributed by atoms with van der Waals surface area (Å²) in [5, 5.41) is 3.36. The van der Waals surface area contributed by atoms with Crippen LogP contribution in [0.1, 0.15) is 11.1 Å². The first kappa shape index (κ1) is 29.2. The Morgan fingerprint density at radius 3 is 2.24 bits per heavy atom. The minimum Gasteiger partial charge on any atom is -0.457 e. The number of hydrogen-bond donors (Lipinski definition) is 1. The van der Waals surface area contributed by atoms with Gasteiger partial charge >= 0.3 is 6.18 Å². The van der Waals surface area contributed by atoms with Gasteiger partial charge in [-0.3, -0.25) is 0 Å². The zero-order valence-electron chi connectivity index (χ0n) is 24.5. The summed E-state index contributed by atoms with van der Waals surface area (Å²) in [7, 11) is 0. The van der Waals surface area contributed by atoms with Gasteiger partial charge in [0.1, 0.15) is 17.3 Å². The molecule has 1 fully saturated rings. The van der Waals surface area contributed by atoms with E-state index in [9.17, 15) is 13.2 Å². The Bertz CT molecular complexity index is 1920. The van der Waals surface area contributed by atoms with Crippen molar-refractivity contribution in [3.63, 3.8) is 0 Å². The number of imidazole rings is 1. The lowest BCUT2D eigenvalue weighted by atomic mass is 10.1. The number of alkyl halides is 3. The first-order chi connectivity index (χ1) is 22.4. The third-order valence-electron chi connectivity index (χ3n) is 7.54. The fraction of sp³-hybridized carbons (Fsp3) is 0.176. The molecule has 0 radical (unpaired) electrons. The Kier molecular flexibility index (Phi) is 7.93. The molecule has 9 nitrogen and oxygen atoms in total. The van der Waals surface area contributed by atoms with Gasteiger partial charge in [-0.15, -0.1) is 0 Å². The van der Waals surface area contributed by atoms with E-state index >= 15 is 0 Å². The predicted molar refractivity (Wildman–Crippen MR) is 168 cm³/mol. The second-order valence-corrected chi connectivity index (χ2v) is 10.7. The van der Waals surface area contributed by atoms with Crippen LogP contribution in [0.2, 0.25) is 0 Å². The van der Waals surface area contributed by atoms with Crippen molar-refractivity contribution in [2.45, 2.75) is 12.7 Å². The fourth-order valence-corrected chi connectivity index (χ4v) is 5.14. The molecule has 232 valence electrons. The van der Waals surface area contributed by atoms with Crippen LogP contribution in [0.5, 0.6) is 11.5 Å².